The van der Waals surface area contributed by atoms with Gasteiger partial charge in [0.25, 0.3) is 0 Å². The van der Waals surface area contributed by atoms with Crippen molar-refractivity contribution in [3.63, 3.8) is 0 Å². The molecule has 0 saturated carbocycles. The van der Waals surface area contributed by atoms with Gasteiger partial charge in [-0.05, 0) is 43.0 Å². The lowest BCUT2D eigenvalue weighted by Gasteiger charge is -2.15. The lowest BCUT2D eigenvalue weighted by Crippen LogP contribution is -2.24. The van der Waals surface area contributed by atoms with Gasteiger partial charge in [0.15, 0.2) is 0 Å². The summed E-state index contributed by atoms with van der Waals surface area (Å²) in [6, 6.07) is 12.3. The molecule has 2 N–H and O–H groups in total. The van der Waals surface area contributed by atoms with Gasteiger partial charge in [-0.3, -0.25) is 4.79 Å². The van der Waals surface area contributed by atoms with Gasteiger partial charge in [0.1, 0.15) is 5.82 Å². The number of imidazole rings is 1. The van der Waals surface area contributed by atoms with Crippen molar-refractivity contribution in [2.75, 3.05) is 11.6 Å². The molecule has 1 aromatic heterocycles. The number of thioether (sulfide) groups is 1. The molecule has 3 rings (SSSR count). The number of carbonyl (C=O) groups is 1. The van der Waals surface area contributed by atoms with Crippen LogP contribution in [0.15, 0.2) is 64.6 Å². The second kappa shape index (κ2) is 9.67. The van der Waals surface area contributed by atoms with Crippen LogP contribution in [0.3, 0.4) is 0 Å². The molecule has 0 bridgehead atoms. The van der Waals surface area contributed by atoms with Crippen molar-refractivity contribution in [3.05, 3.63) is 66.2 Å². The van der Waals surface area contributed by atoms with Crippen LogP contribution in [0, 0.1) is 12.8 Å². The van der Waals surface area contributed by atoms with Crippen molar-refractivity contribution in [2.45, 2.75) is 37.1 Å². The molecule has 3 aromatic rings. The van der Waals surface area contributed by atoms with Gasteiger partial charge in [0, 0.05) is 29.8 Å². The summed E-state index contributed by atoms with van der Waals surface area (Å²) in [6.07, 6.45) is 5.42. The Bertz CT molecular complexity index is 1190. The smallest absolute Gasteiger partial charge is 0.240 e. The first kappa shape index (κ1) is 23.1. The van der Waals surface area contributed by atoms with Gasteiger partial charge in [0.2, 0.25) is 15.9 Å². The van der Waals surface area contributed by atoms with Crippen LogP contribution in [0.4, 0.5) is 5.69 Å². The van der Waals surface area contributed by atoms with E-state index in [9.17, 15) is 13.2 Å². The van der Waals surface area contributed by atoms with Crippen molar-refractivity contribution >= 4 is 33.4 Å². The summed E-state index contributed by atoms with van der Waals surface area (Å²) in [6.45, 7) is 5.58. The standard InChI is InChI=1S/C22H26N4O3S2/c1-15(2)22(27)25-19-13-18(9-10-21(19)30-4)31(28,29)24-14-17-7-5-6-8-20(17)26-12-11-23-16(26)3/h5-13,15,24H,14H2,1-4H3,(H,25,27). The number of amides is 1. The quantitative estimate of drug-likeness (QED) is 0.498. The van der Waals surface area contributed by atoms with Crippen LogP contribution < -0.4 is 10.0 Å². The van der Waals surface area contributed by atoms with E-state index < -0.39 is 10.0 Å². The molecule has 0 saturated heterocycles. The average molecular weight is 459 g/mol. The summed E-state index contributed by atoms with van der Waals surface area (Å²) in [4.78, 5) is 17.3. The van der Waals surface area contributed by atoms with Crippen LogP contribution in [0.2, 0.25) is 0 Å². The van der Waals surface area contributed by atoms with E-state index in [1.807, 2.05) is 48.2 Å². The number of sulfonamides is 1. The molecule has 0 spiro atoms. The van der Waals surface area contributed by atoms with E-state index >= 15 is 0 Å². The Morgan fingerprint density at radius 3 is 2.58 bits per heavy atom. The zero-order chi connectivity index (χ0) is 22.6. The zero-order valence-electron chi connectivity index (χ0n) is 17.9. The van der Waals surface area contributed by atoms with E-state index in [-0.39, 0.29) is 23.3 Å². The molecule has 0 aliphatic heterocycles. The highest BCUT2D eigenvalue weighted by molar-refractivity contribution is 7.98. The molecule has 164 valence electrons. The zero-order valence-corrected chi connectivity index (χ0v) is 19.5. The number of nitrogens with zero attached hydrogens (tertiary/aromatic N) is 2. The van der Waals surface area contributed by atoms with Crippen LogP contribution in [0.1, 0.15) is 25.2 Å². The van der Waals surface area contributed by atoms with E-state index in [0.717, 1.165) is 22.0 Å². The first-order valence-electron chi connectivity index (χ1n) is 9.79. The van der Waals surface area contributed by atoms with Crippen LogP contribution in [-0.2, 0) is 21.4 Å². The Labute approximate surface area is 187 Å². The fourth-order valence-corrected chi connectivity index (χ4v) is 4.58. The largest absolute Gasteiger partial charge is 0.325 e. The number of aryl methyl sites for hydroxylation is 1. The molecule has 0 aliphatic carbocycles. The normalized spacial score (nSPS) is 11.6. The van der Waals surface area contributed by atoms with E-state index in [0.29, 0.717) is 5.69 Å². The highest BCUT2D eigenvalue weighted by Crippen LogP contribution is 2.29. The maximum absolute atomic E-state index is 13.0. The van der Waals surface area contributed by atoms with Gasteiger partial charge in [-0.1, -0.05) is 32.0 Å². The summed E-state index contributed by atoms with van der Waals surface area (Å²) in [5.74, 6) is 0.437. The fraction of sp³-hybridized carbons (Fsp3) is 0.273. The number of benzene rings is 2. The molecule has 9 heteroatoms. The minimum atomic E-state index is -3.79. The predicted molar refractivity (Wildman–Crippen MR) is 124 cm³/mol. The molecule has 1 heterocycles. The summed E-state index contributed by atoms with van der Waals surface area (Å²) >= 11 is 1.44. The van der Waals surface area contributed by atoms with Crippen LogP contribution in [0.5, 0.6) is 0 Å². The molecule has 0 atom stereocenters. The van der Waals surface area contributed by atoms with Crippen LogP contribution in [-0.4, -0.2) is 30.1 Å². The maximum Gasteiger partial charge on any atom is 0.240 e. The minimum Gasteiger partial charge on any atom is -0.325 e. The highest BCUT2D eigenvalue weighted by atomic mass is 32.2. The highest BCUT2D eigenvalue weighted by Gasteiger charge is 2.18. The third-order valence-corrected chi connectivity index (χ3v) is 6.99. The second-order valence-electron chi connectivity index (χ2n) is 7.30. The number of para-hydroxylation sites is 1. The van der Waals surface area contributed by atoms with Crippen LogP contribution in [0.25, 0.3) is 5.69 Å². The van der Waals surface area contributed by atoms with Gasteiger partial charge >= 0.3 is 0 Å². The SMILES string of the molecule is CSc1ccc(S(=O)(=O)NCc2ccccc2-n2ccnc2C)cc1NC(=O)C(C)C. The van der Waals surface area contributed by atoms with Crippen molar-refractivity contribution in [3.8, 4) is 5.69 Å². The molecular formula is C22H26N4O3S2. The molecule has 31 heavy (non-hydrogen) atoms. The Balaban J connectivity index is 1.86. The predicted octanol–water partition coefficient (Wildman–Crippen LogP) is 3.98. The summed E-state index contributed by atoms with van der Waals surface area (Å²) in [5.41, 5.74) is 2.17. The number of hydrogen-bond donors (Lipinski definition) is 2. The van der Waals surface area contributed by atoms with E-state index in [1.165, 1.54) is 17.8 Å². The Kier molecular flexibility index (Phi) is 7.19. The van der Waals surface area contributed by atoms with Gasteiger partial charge in [-0.15, -0.1) is 11.8 Å². The lowest BCUT2D eigenvalue weighted by molar-refractivity contribution is -0.118. The molecule has 7 nitrogen and oxygen atoms in total. The van der Waals surface area contributed by atoms with Gasteiger partial charge in [-0.2, -0.15) is 0 Å². The van der Waals surface area contributed by atoms with Gasteiger partial charge in [0.05, 0.1) is 16.3 Å². The summed E-state index contributed by atoms with van der Waals surface area (Å²) < 4.78 is 30.6. The van der Waals surface area contributed by atoms with Crippen molar-refractivity contribution in [1.82, 2.24) is 14.3 Å². The summed E-state index contributed by atoms with van der Waals surface area (Å²) in [5, 5.41) is 2.82. The molecule has 0 radical (unpaired) electrons. The molecule has 0 unspecified atom stereocenters. The third-order valence-electron chi connectivity index (χ3n) is 4.79. The lowest BCUT2D eigenvalue weighted by atomic mass is 10.2. The number of nitrogens with one attached hydrogen (secondary N) is 2. The third kappa shape index (κ3) is 5.36. The molecule has 0 aliphatic rings. The van der Waals surface area contributed by atoms with Gasteiger partial charge in [-0.25, -0.2) is 18.1 Å². The number of rotatable bonds is 8. The van der Waals surface area contributed by atoms with Crippen molar-refractivity contribution in [2.24, 2.45) is 5.92 Å². The monoisotopic (exact) mass is 458 g/mol. The topological polar surface area (TPSA) is 93.1 Å². The fourth-order valence-electron chi connectivity index (χ4n) is 3.01. The first-order valence-corrected chi connectivity index (χ1v) is 12.5. The number of anilines is 1. The molecule has 0 fully saturated rings. The Morgan fingerprint density at radius 1 is 1.19 bits per heavy atom. The van der Waals surface area contributed by atoms with Crippen molar-refractivity contribution < 1.29 is 13.2 Å². The van der Waals surface area contributed by atoms with E-state index in [2.05, 4.69) is 15.0 Å². The molecule has 2 aromatic carbocycles. The minimum absolute atomic E-state index is 0.0978. The molecule has 1 amide bonds. The van der Waals surface area contributed by atoms with E-state index in [1.54, 1.807) is 32.2 Å². The van der Waals surface area contributed by atoms with Gasteiger partial charge < -0.3 is 9.88 Å². The number of hydrogen-bond acceptors (Lipinski definition) is 5. The van der Waals surface area contributed by atoms with Crippen LogP contribution >= 0.6 is 11.8 Å². The Morgan fingerprint density at radius 2 is 1.94 bits per heavy atom. The van der Waals surface area contributed by atoms with E-state index in [4.69, 9.17) is 0 Å². The second-order valence-corrected chi connectivity index (χ2v) is 9.92. The average Bonchev–Trinajstić information content (AvgIpc) is 3.18. The summed E-state index contributed by atoms with van der Waals surface area (Å²) in [7, 11) is -3.79. The van der Waals surface area contributed by atoms with Crippen molar-refractivity contribution in [1.29, 1.82) is 0 Å². The first-order chi connectivity index (χ1) is 14.7. The Hall–Kier alpha value is -2.62. The number of carbonyl (C=O) groups excluding carboxylic acids is 1. The number of aromatic nitrogens is 2. The molecular weight excluding hydrogens is 432 g/mol. The maximum atomic E-state index is 13.0.